The van der Waals surface area contributed by atoms with E-state index in [1.54, 1.807) is 30.3 Å². The Balaban J connectivity index is 1.94. The number of amides is 1. The maximum absolute atomic E-state index is 13.5. The minimum atomic E-state index is -0.933. The van der Waals surface area contributed by atoms with Crippen LogP contribution in [0.25, 0.3) is 5.76 Å². The number of ketones is 1. The molecule has 1 aliphatic heterocycles. The van der Waals surface area contributed by atoms with Crippen LogP contribution in [0, 0.1) is 5.82 Å². The van der Waals surface area contributed by atoms with Crippen LogP contribution in [-0.2, 0) is 16.0 Å². The van der Waals surface area contributed by atoms with Gasteiger partial charge >= 0.3 is 0 Å². The van der Waals surface area contributed by atoms with Gasteiger partial charge in [-0.3, -0.25) is 14.5 Å². The van der Waals surface area contributed by atoms with Crippen LogP contribution < -0.4 is 14.4 Å². The van der Waals surface area contributed by atoms with Crippen molar-refractivity contribution in [2.45, 2.75) is 26.3 Å². The number of hydrogen-bond donors (Lipinski definition) is 1. The van der Waals surface area contributed by atoms with Crippen LogP contribution in [-0.4, -0.2) is 30.5 Å². The highest BCUT2D eigenvalue weighted by atomic mass is 19.1. The van der Waals surface area contributed by atoms with Gasteiger partial charge in [-0.05, 0) is 73.0 Å². The monoisotopic (exact) mass is 475 g/mol. The van der Waals surface area contributed by atoms with Crippen LogP contribution >= 0.6 is 0 Å². The van der Waals surface area contributed by atoms with Crippen molar-refractivity contribution in [2.75, 3.05) is 18.6 Å². The maximum atomic E-state index is 13.5. The predicted octanol–water partition coefficient (Wildman–Crippen LogP) is 5.42. The van der Waals surface area contributed by atoms with Gasteiger partial charge in [-0.1, -0.05) is 25.1 Å². The number of methoxy groups -OCH3 is 1. The average Bonchev–Trinajstić information content (AvgIpc) is 3.14. The van der Waals surface area contributed by atoms with Crippen molar-refractivity contribution < 1.29 is 28.6 Å². The fraction of sp³-hybridized carbons (Fsp3) is 0.214. The van der Waals surface area contributed by atoms with Crippen molar-refractivity contribution >= 4 is 23.1 Å². The SMILES string of the molecule is CCOc1cc(C2/C(=C(/O)c3ccc(F)cc3)C(=O)C(=O)N2c2ccc(CC)cc2)ccc1OC. The van der Waals surface area contributed by atoms with E-state index in [0.29, 0.717) is 29.4 Å². The number of rotatable bonds is 7. The van der Waals surface area contributed by atoms with Crippen molar-refractivity contribution in [3.63, 3.8) is 0 Å². The zero-order valence-electron chi connectivity index (χ0n) is 19.7. The number of anilines is 1. The number of carbonyl (C=O) groups is 2. The van der Waals surface area contributed by atoms with Crippen LogP contribution in [0.15, 0.2) is 72.3 Å². The first-order chi connectivity index (χ1) is 16.9. The number of ether oxygens (including phenoxy) is 2. The fourth-order valence-electron chi connectivity index (χ4n) is 4.20. The summed E-state index contributed by atoms with van der Waals surface area (Å²) in [6, 6.07) is 16.6. The topological polar surface area (TPSA) is 76.1 Å². The van der Waals surface area contributed by atoms with Crippen molar-refractivity contribution in [2.24, 2.45) is 0 Å². The van der Waals surface area contributed by atoms with Crippen LogP contribution in [0.4, 0.5) is 10.1 Å². The number of hydrogen-bond acceptors (Lipinski definition) is 5. The smallest absolute Gasteiger partial charge is 0.300 e. The third kappa shape index (κ3) is 4.49. The summed E-state index contributed by atoms with van der Waals surface area (Å²) >= 11 is 0. The molecule has 1 unspecified atom stereocenters. The van der Waals surface area contributed by atoms with Crippen molar-refractivity contribution in [3.8, 4) is 11.5 Å². The lowest BCUT2D eigenvalue weighted by Gasteiger charge is -2.26. The normalized spacial score (nSPS) is 17.0. The van der Waals surface area contributed by atoms with Gasteiger partial charge in [-0.15, -0.1) is 0 Å². The number of aliphatic hydroxyl groups is 1. The van der Waals surface area contributed by atoms with E-state index in [1.807, 2.05) is 26.0 Å². The molecule has 4 rings (SSSR count). The Kier molecular flexibility index (Phi) is 6.87. The summed E-state index contributed by atoms with van der Waals surface area (Å²) < 4.78 is 24.6. The molecule has 3 aromatic carbocycles. The summed E-state index contributed by atoms with van der Waals surface area (Å²) in [7, 11) is 1.52. The molecule has 6 nitrogen and oxygen atoms in total. The molecule has 0 aromatic heterocycles. The van der Waals surface area contributed by atoms with Gasteiger partial charge in [-0.2, -0.15) is 0 Å². The second-order valence-electron chi connectivity index (χ2n) is 8.04. The van der Waals surface area contributed by atoms with E-state index in [4.69, 9.17) is 9.47 Å². The minimum absolute atomic E-state index is 0.0891. The first-order valence-corrected chi connectivity index (χ1v) is 11.4. The highest BCUT2D eigenvalue weighted by Gasteiger charge is 2.47. The third-order valence-electron chi connectivity index (χ3n) is 5.99. The zero-order chi connectivity index (χ0) is 25.1. The van der Waals surface area contributed by atoms with E-state index in [0.717, 1.165) is 12.0 Å². The van der Waals surface area contributed by atoms with E-state index in [1.165, 1.54) is 36.3 Å². The molecule has 1 atom stereocenters. The van der Waals surface area contributed by atoms with E-state index in [2.05, 4.69) is 0 Å². The van der Waals surface area contributed by atoms with Crippen LogP contribution in [0.5, 0.6) is 11.5 Å². The Hall–Kier alpha value is -4.13. The molecular weight excluding hydrogens is 449 g/mol. The standard InChI is InChI=1S/C28H26FNO5/c1-4-17-6-13-21(14-7-17)30-25(19-10-15-22(34-3)23(16-19)35-5-2)24(27(32)28(30)33)26(31)18-8-11-20(29)12-9-18/h6-16,25,31H,4-5H2,1-3H3/b26-24-. The number of aliphatic hydroxyl groups excluding tert-OH is 1. The molecule has 0 aliphatic carbocycles. The summed E-state index contributed by atoms with van der Waals surface area (Å²) in [5.41, 5.74) is 2.29. The summed E-state index contributed by atoms with van der Waals surface area (Å²) in [6.07, 6.45) is 0.823. The largest absolute Gasteiger partial charge is 0.507 e. The summed E-state index contributed by atoms with van der Waals surface area (Å²) in [6.45, 7) is 4.24. The molecule has 1 fully saturated rings. The molecule has 35 heavy (non-hydrogen) atoms. The van der Waals surface area contributed by atoms with Gasteiger partial charge in [0.15, 0.2) is 11.5 Å². The minimum Gasteiger partial charge on any atom is -0.507 e. The maximum Gasteiger partial charge on any atom is 0.300 e. The van der Waals surface area contributed by atoms with Crippen LogP contribution in [0.1, 0.15) is 36.6 Å². The Bertz CT molecular complexity index is 1280. The number of Topliss-reactive ketones (excluding diaryl/α,β-unsaturated/α-hetero) is 1. The van der Waals surface area contributed by atoms with Gasteiger partial charge in [0.05, 0.1) is 25.3 Å². The quantitative estimate of drug-likeness (QED) is 0.281. The Morgan fingerprint density at radius 2 is 1.66 bits per heavy atom. The summed E-state index contributed by atoms with van der Waals surface area (Å²) in [4.78, 5) is 27.9. The highest BCUT2D eigenvalue weighted by molar-refractivity contribution is 6.51. The molecule has 0 saturated carbocycles. The Morgan fingerprint density at radius 1 is 0.971 bits per heavy atom. The number of aryl methyl sites for hydroxylation is 1. The highest BCUT2D eigenvalue weighted by Crippen LogP contribution is 2.44. The predicted molar refractivity (Wildman–Crippen MR) is 131 cm³/mol. The van der Waals surface area contributed by atoms with Gasteiger partial charge in [-0.25, -0.2) is 4.39 Å². The molecule has 7 heteroatoms. The third-order valence-corrected chi connectivity index (χ3v) is 5.99. The lowest BCUT2D eigenvalue weighted by Crippen LogP contribution is -2.29. The van der Waals surface area contributed by atoms with Gasteiger partial charge in [0.25, 0.3) is 11.7 Å². The number of nitrogens with zero attached hydrogens (tertiary/aromatic N) is 1. The van der Waals surface area contributed by atoms with E-state index >= 15 is 0 Å². The molecule has 1 saturated heterocycles. The lowest BCUT2D eigenvalue weighted by molar-refractivity contribution is -0.132. The molecule has 1 amide bonds. The zero-order valence-corrected chi connectivity index (χ0v) is 19.7. The van der Waals surface area contributed by atoms with Gasteiger partial charge < -0.3 is 14.6 Å². The van der Waals surface area contributed by atoms with E-state index in [9.17, 15) is 19.1 Å². The van der Waals surface area contributed by atoms with E-state index in [-0.39, 0.29) is 16.9 Å². The second kappa shape index (κ2) is 10.0. The molecule has 3 aromatic rings. The first-order valence-electron chi connectivity index (χ1n) is 11.4. The first kappa shape index (κ1) is 24.0. The molecule has 1 heterocycles. The van der Waals surface area contributed by atoms with Crippen molar-refractivity contribution in [3.05, 3.63) is 94.8 Å². The number of benzene rings is 3. The average molecular weight is 476 g/mol. The molecule has 180 valence electrons. The van der Waals surface area contributed by atoms with E-state index < -0.39 is 23.5 Å². The summed E-state index contributed by atoms with van der Waals surface area (Å²) in [5.74, 6) is -1.51. The van der Waals surface area contributed by atoms with Gasteiger partial charge in [0.1, 0.15) is 11.6 Å². The van der Waals surface area contributed by atoms with Crippen molar-refractivity contribution in [1.82, 2.24) is 0 Å². The molecule has 1 N–H and O–H groups in total. The van der Waals surface area contributed by atoms with Gasteiger partial charge in [0.2, 0.25) is 0 Å². The fourth-order valence-corrected chi connectivity index (χ4v) is 4.20. The molecule has 0 spiro atoms. The Morgan fingerprint density at radius 3 is 2.26 bits per heavy atom. The second-order valence-corrected chi connectivity index (χ2v) is 8.04. The number of carbonyl (C=O) groups excluding carboxylic acids is 2. The Labute approximate surface area is 203 Å². The summed E-state index contributed by atoms with van der Waals surface area (Å²) in [5, 5.41) is 11.2. The van der Waals surface area contributed by atoms with Gasteiger partial charge in [0, 0.05) is 11.3 Å². The molecule has 0 radical (unpaired) electrons. The van der Waals surface area contributed by atoms with Crippen molar-refractivity contribution in [1.29, 1.82) is 0 Å². The lowest BCUT2D eigenvalue weighted by atomic mass is 9.94. The number of halogens is 1. The van der Waals surface area contributed by atoms with Crippen LogP contribution in [0.3, 0.4) is 0 Å². The molecular formula is C28H26FNO5. The molecule has 1 aliphatic rings. The van der Waals surface area contributed by atoms with Crippen LogP contribution in [0.2, 0.25) is 0 Å². The molecule has 0 bridgehead atoms.